The van der Waals surface area contributed by atoms with Gasteiger partial charge in [-0.15, -0.1) is 6.58 Å². The molecule has 1 fully saturated rings. The van der Waals surface area contributed by atoms with Crippen LogP contribution >= 0.6 is 0 Å². The van der Waals surface area contributed by atoms with Gasteiger partial charge >= 0.3 is 0 Å². The van der Waals surface area contributed by atoms with Gasteiger partial charge in [-0.2, -0.15) is 0 Å². The number of ketones is 1. The van der Waals surface area contributed by atoms with Crippen LogP contribution in [0.3, 0.4) is 0 Å². The molecule has 1 aliphatic heterocycles. The largest absolute Gasteiger partial charge is 0.404 e. The molecule has 2 aromatic carbocycles. The Kier molecular flexibility index (Phi) is 18.0. The molecule has 0 saturated carbocycles. The van der Waals surface area contributed by atoms with E-state index in [1.54, 1.807) is 6.08 Å². The number of unbranched alkanes of at least 4 members (excludes halogenated alkanes) is 11. The Hall–Kier alpha value is -2.05. The highest BCUT2D eigenvalue weighted by atomic mass is 28.4. The standard InChI is InChI=1S/C44H70O4Si/c1-8-10-11-12-13-14-15-16-17-18-19-22-28-38(33-34-39-36-40(35-37(45)27-9-2)47-44(6,7)46-39)48-49(43(3,4)5,41-29-23-20-24-30-41)42-31-25-21-26-32-42/h9,20-21,23-26,29-32,38-40H,2,8,10-19,22,27-28,33-36H2,1,3-7H3/t38-,39-,40+/m0/s1. The van der Waals surface area contributed by atoms with Crippen molar-refractivity contribution in [2.24, 2.45) is 0 Å². The first-order chi connectivity index (χ1) is 23.5. The van der Waals surface area contributed by atoms with E-state index in [0.29, 0.717) is 12.8 Å². The topological polar surface area (TPSA) is 44.8 Å². The molecule has 1 heterocycles. The van der Waals surface area contributed by atoms with Gasteiger partial charge in [0.15, 0.2) is 5.79 Å². The van der Waals surface area contributed by atoms with Gasteiger partial charge in [0.25, 0.3) is 8.32 Å². The highest BCUT2D eigenvalue weighted by molar-refractivity contribution is 6.99. The third kappa shape index (κ3) is 13.9. The molecule has 0 radical (unpaired) electrons. The molecule has 3 atom stereocenters. The molecule has 0 N–H and O–H groups in total. The first-order valence-electron chi connectivity index (χ1n) is 19.8. The summed E-state index contributed by atoms with van der Waals surface area (Å²) in [6, 6.07) is 22.1. The normalized spacial score (nSPS) is 18.7. The predicted molar refractivity (Wildman–Crippen MR) is 210 cm³/mol. The maximum atomic E-state index is 12.5. The number of ether oxygens (including phenoxy) is 2. The van der Waals surface area contributed by atoms with Gasteiger partial charge in [0.05, 0.1) is 12.2 Å². The number of carbonyl (C=O) groups is 1. The summed E-state index contributed by atoms with van der Waals surface area (Å²) in [6.07, 6.45) is 22.2. The van der Waals surface area contributed by atoms with Gasteiger partial charge in [-0.05, 0) is 48.5 Å². The van der Waals surface area contributed by atoms with Gasteiger partial charge in [-0.1, -0.05) is 171 Å². The highest BCUT2D eigenvalue weighted by Gasteiger charge is 2.51. The second-order valence-corrected chi connectivity index (χ2v) is 20.3. The summed E-state index contributed by atoms with van der Waals surface area (Å²) in [7, 11) is -2.69. The van der Waals surface area contributed by atoms with Crippen LogP contribution in [0.4, 0.5) is 0 Å². The highest BCUT2D eigenvalue weighted by Crippen LogP contribution is 2.39. The van der Waals surface area contributed by atoms with Crippen LogP contribution in [0.1, 0.15) is 157 Å². The fraction of sp³-hybridized carbons (Fsp3) is 0.659. The molecule has 274 valence electrons. The number of Topliss-reactive ketones (excluding diaryl/α,β-unsaturated/α-hetero) is 1. The number of hydrogen-bond acceptors (Lipinski definition) is 4. The fourth-order valence-electron chi connectivity index (χ4n) is 7.81. The van der Waals surface area contributed by atoms with Gasteiger partial charge in [0.2, 0.25) is 0 Å². The average Bonchev–Trinajstić information content (AvgIpc) is 3.05. The van der Waals surface area contributed by atoms with Gasteiger partial charge in [-0.3, -0.25) is 4.79 Å². The Morgan fingerprint density at radius 2 is 1.31 bits per heavy atom. The maximum absolute atomic E-state index is 12.5. The van der Waals surface area contributed by atoms with E-state index in [4.69, 9.17) is 13.9 Å². The first-order valence-corrected chi connectivity index (χ1v) is 21.7. The number of benzene rings is 2. The van der Waals surface area contributed by atoms with Crippen LogP contribution in [-0.4, -0.2) is 38.2 Å². The zero-order chi connectivity index (χ0) is 35.6. The van der Waals surface area contributed by atoms with Crippen LogP contribution in [0.15, 0.2) is 73.3 Å². The second-order valence-electron chi connectivity index (χ2n) is 16.0. The fourth-order valence-corrected chi connectivity index (χ4v) is 12.6. The summed E-state index contributed by atoms with van der Waals surface area (Å²) in [5.74, 6) is -0.539. The molecule has 0 aromatic heterocycles. The van der Waals surface area contributed by atoms with Crippen molar-refractivity contribution in [1.29, 1.82) is 0 Å². The van der Waals surface area contributed by atoms with Crippen LogP contribution in [-0.2, 0) is 18.7 Å². The minimum Gasteiger partial charge on any atom is -0.404 e. The average molecular weight is 691 g/mol. The Morgan fingerprint density at radius 3 is 1.80 bits per heavy atom. The first kappa shape index (κ1) is 41.4. The molecular formula is C44H70O4Si. The molecule has 0 aliphatic carbocycles. The zero-order valence-corrected chi connectivity index (χ0v) is 33.2. The third-order valence-corrected chi connectivity index (χ3v) is 15.3. The number of rotatable bonds is 24. The van der Waals surface area contributed by atoms with Gasteiger partial charge < -0.3 is 13.9 Å². The molecule has 0 bridgehead atoms. The maximum Gasteiger partial charge on any atom is 0.261 e. The molecular weight excluding hydrogens is 621 g/mol. The molecule has 0 unspecified atom stereocenters. The van der Waals surface area contributed by atoms with Crippen molar-refractivity contribution in [3.63, 3.8) is 0 Å². The molecule has 5 heteroatoms. The van der Waals surface area contributed by atoms with Crippen molar-refractivity contribution >= 4 is 24.5 Å². The molecule has 4 nitrogen and oxygen atoms in total. The lowest BCUT2D eigenvalue weighted by Crippen LogP contribution is -2.67. The Morgan fingerprint density at radius 1 is 0.816 bits per heavy atom. The summed E-state index contributed by atoms with van der Waals surface area (Å²) in [5, 5.41) is 2.59. The van der Waals surface area contributed by atoms with E-state index < -0.39 is 14.1 Å². The molecule has 1 aliphatic rings. The van der Waals surface area contributed by atoms with Crippen molar-refractivity contribution in [3.8, 4) is 0 Å². The van der Waals surface area contributed by atoms with Crippen molar-refractivity contribution in [2.45, 2.75) is 186 Å². The second kappa shape index (κ2) is 21.3. The molecule has 3 rings (SSSR count). The van der Waals surface area contributed by atoms with E-state index in [1.165, 1.54) is 87.4 Å². The Balaban J connectivity index is 1.74. The van der Waals surface area contributed by atoms with E-state index in [1.807, 2.05) is 13.8 Å². The predicted octanol–water partition coefficient (Wildman–Crippen LogP) is 11.2. The van der Waals surface area contributed by atoms with Crippen molar-refractivity contribution in [3.05, 3.63) is 73.3 Å². The molecule has 0 amide bonds. The van der Waals surface area contributed by atoms with Crippen LogP contribution in [0.5, 0.6) is 0 Å². The third-order valence-electron chi connectivity index (χ3n) is 10.2. The van der Waals surface area contributed by atoms with E-state index in [0.717, 1.165) is 25.7 Å². The van der Waals surface area contributed by atoms with Gasteiger partial charge in [-0.25, -0.2) is 0 Å². The molecule has 0 spiro atoms. The number of allylic oxidation sites excluding steroid dienone is 1. The Labute approximate surface area is 301 Å². The van der Waals surface area contributed by atoms with Crippen LogP contribution in [0.2, 0.25) is 5.04 Å². The monoisotopic (exact) mass is 691 g/mol. The smallest absolute Gasteiger partial charge is 0.261 e. The van der Waals surface area contributed by atoms with Crippen molar-refractivity contribution in [1.82, 2.24) is 0 Å². The van der Waals surface area contributed by atoms with Crippen LogP contribution in [0, 0.1) is 0 Å². The zero-order valence-electron chi connectivity index (χ0n) is 32.2. The van der Waals surface area contributed by atoms with Crippen LogP contribution < -0.4 is 10.4 Å². The van der Waals surface area contributed by atoms with Gasteiger partial charge in [0, 0.05) is 25.4 Å². The minimum absolute atomic E-state index is 0.0255. The minimum atomic E-state index is -2.69. The van der Waals surface area contributed by atoms with E-state index in [9.17, 15) is 4.79 Å². The summed E-state index contributed by atoms with van der Waals surface area (Å²) >= 11 is 0. The van der Waals surface area contributed by atoms with Crippen molar-refractivity contribution in [2.75, 3.05) is 0 Å². The number of hydrogen-bond donors (Lipinski definition) is 0. The summed E-state index contributed by atoms with van der Waals surface area (Å²) in [6.45, 7) is 17.1. The lowest BCUT2D eigenvalue weighted by molar-refractivity contribution is -0.300. The Bertz CT molecular complexity index is 1150. The SMILES string of the molecule is C=CCC(=O)C[C@@H]1C[C@H](CC[C@H](CCCCCCCCCCCCCC)O[Si](c2ccccc2)(c2ccccc2)C(C)(C)C)OC(C)(C)O1. The molecule has 2 aromatic rings. The van der Waals surface area contributed by atoms with E-state index >= 15 is 0 Å². The van der Waals surface area contributed by atoms with E-state index in [2.05, 4.69) is 94.9 Å². The lowest BCUT2D eigenvalue weighted by atomic mass is 9.97. The number of carbonyl (C=O) groups excluding carboxylic acids is 1. The van der Waals surface area contributed by atoms with Crippen molar-refractivity contribution < 1.29 is 18.7 Å². The molecule has 49 heavy (non-hydrogen) atoms. The van der Waals surface area contributed by atoms with E-state index in [-0.39, 0.29) is 29.1 Å². The quantitative estimate of drug-likeness (QED) is 0.0625. The molecule has 1 saturated heterocycles. The lowest BCUT2D eigenvalue weighted by Gasteiger charge is -2.46. The van der Waals surface area contributed by atoms with Gasteiger partial charge in [0.1, 0.15) is 5.78 Å². The summed E-state index contributed by atoms with van der Waals surface area (Å²) < 4.78 is 20.4. The summed E-state index contributed by atoms with van der Waals surface area (Å²) in [5.41, 5.74) is 0. The summed E-state index contributed by atoms with van der Waals surface area (Å²) in [4.78, 5) is 12.5. The van der Waals surface area contributed by atoms with Crippen LogP contribution in [0.25, 0.3) is 0 Å².